The molecule has 1 atom stereocenters. The lowest BCUT2D eigenvalue weighted by molar-refractivity contribution is -0.135. The highest BCUT2D eigenvalue weighted by molar-refractivity contribution is 5.98. The van der Waals surface area contributed by atoms with E-state index in [-0.39, 0.29) is 35.2 Å². The van der Waals surface area contributed by atoms with E-state index in [1.165, 1.54) is 13.0 Å². The van der Waals surface area contributed by atoms with E-state index in [1.807, 2.05) is 18.2 Å². The Bertz CT molecular complexity index is 794. The summed E-state index contributed by atoms with van der Waals surface area (Å²) < 4.78 is 10.6. The molecule has 1 aliphatic rings. The third-order valence-electron chi connectivity index (χ3n) is 4.01. The van der Waals surface area contributed by atoms with E-state index < -0.39 is 5.92 Å². The molecule has 0 aliphatic carbocycles. The predicted molar refractivity (Wildman–Crippen MR) is 83.2 cm³/mol. The van der Waals surface area contributed by atoms with E-state index in [9.17, 15) is 14.7 Å². The molecule has 3 rings (SSSR count). The minimum absolute atomic E-state index is 0.0717. The van der Waals surface area contributed by atoms with Crippen LogP contribution in [0.1, 0.15) is 40.7 Å². The third kappa shape index (κ3) is 2.54. The summed E-state index contributed by atoms with van der Waals surface area (Å²) in [5, 5.41) is 10.5. The number of phenols is 1. The van der Waals surface area contributed by atoms with Crippen LogP contribution in [-0.4, -0.2) is 24.0 Å². The van der Waals surface area contributed by atoms with Crippen molar-refractivity contribution in [1.82, 2.24) is 0 Å². The molecule has 0 saturated carbocycles. The van der Waals surface area contributed by atoms with Gasteiger partial charge in [-0.1, -0.05) is 18.2 Å². The summed E-state index contributed by atoms with van der Waals surface area (Å²) in [7, 11) is 1.55. The molecule has 2 aromatic carbocycles. The van der Waals surface area contributed by atoms with Crippen molar-refractivity contribution < 1.29 is 24.2 Å². The Morgan fingerprint density at radius 1 is 1.26 bits per heavy atom. The topological polar surface area (TPSA) is 72.8 Å². The van der Waals surface area contributed by atoms with Crippen LogP contribution in [0.25, 0.3) is 0 Å². The number of ether oxygens (including phenoxy) is 2. The van der Waals surface area contributed by atoms with Crippen molar-refractivity contribution >= 4 is 11.8 Å². The first-order valence-electron chi connectivity index (χ1n) is 7.23. The molecule has 1 aliphatic heterocycles. The van der Waals surface area contributed by atoms with Crippen molar-refractivity contribution in [2.75, 3.05) is 7.11 Å². The molecular weight excluding hydrogens is 296 g/mol. The fourth-order valence-corrected chi connectivity index (χ4v) is 2.95. The molecule has 0 radical (unpaired) electrons. The Labute approximate surface area is 133 Å². The maximum Gasteiger partial charge on any atom is 0.312 e. The van der Waals surface area contributed by atoms with Crippen LogP contribution in [0, 0.1) is 0 Å². The monoisotopic (exact) mass is 312 g/mol. The number of esters is 1. The molecule has 1 N–H and O–H groups in total. The number of hydrogen-bond donors (Lipinski definition) is 1. The van der Waals surface area contributed by atoms with Crippen LogP contribution < -0.4 is 9.47 Å². The first-order chi connectivity index (χ1) is 11.0. The fourth-order valence-electron chi connectivity index (χ4n) is 2.95. The second-order valence-corrected chi connectivity index (χ2v) is 5.40. The van der Waals surface area contributed by atoms with Crippen molar-refractivity contribution in [2.24, 2.45) is 0 Å². The summed E-state index contributed by atoms with van der Waals surface area (Å²) in [4.78, 5) is 23.6. The molecule has 23 heavy (non-hydrogen) atoms. The quantitative estimate of drug-likeness (QED) is 0.536. The molecule has 0 saturated heterocycles. The Morgan fingerprint density at radius 2 is 2.00 bits per heavy atom. The molecule has 0 fully saturated rings. The van der Waals surface area contributed by atoms with Crippen molar-refractivity contribution in [3.63, 3.8) is 0 Å². The summed E-state index contributed by atoms with van der Waals surface area (Å²) in [6.45, 7) is 1.38. The largest absolute Gasteiger partial charge is 0.507 e. The van der Waals surface area contributed by atoms with Gasteiger partial charge in [-0.25, -0.2) is 0 Å². The Morgan fingerprint density at radius 3 is 2.70 bits per heavy atom. The smallest absolute Gasteiger partial charge is 0.312 e. The SMILES string of the molecule is COc1ccccc1[C@H]1CC(=O)Oc2ccc(C(C)=O)c(O)c21. The number of methoxy groups -OCH3 is 1. The van der Waals surface area contributed by atoms with Gasteiger partial charge in [-0.3, -0.25) is 9.59 Å². The molecule has 0 spiro atoms. The van der Waals surface area contributed by atoms with E-state index in [0.717, 1.165) is 5.56 Å². The molecule has 0 unspecified atom stereocenters. The molecule has 0 amide bonds. The van der Waals surface area contributed by atoms with Gasteiger partial charge in [0.1, 0.15) is 17.2 Å². The van der Waals surface area contributed by atoms with Gasteiger partial charge in [-0.2, -0.15) is 0 Å². The van der Waals surface area contributed by atoms with Crippen LogP contribution in [0.15, 0.2) is 36.4 Å². The third-order valence-corrected chi connectivity index (χ3v) is 4.01. The predicted octanol–water partition coefficient (Wildman–Crippen LogP) is 3.04. The number of carbonyl (C=O) groups excluding carboxylic acids is 2. The molecular formula is C18H16O5. The second kappa shape index (κ2) is 5.76. The lowest BCUT2D eigenvalue weighted by Gasteiger charge is -2.27. The maximum atomic E-state index is 11.9. The molecule has 5 nitrogen and oxygen atoms in total. The highest BCUT2D eigenvalue weighted by atomic mass is 16.5. The number of aromatic hydroxyl groups is 1. The van der Waals surface area contributed by atoms with E-state index >= 15 is 0 Å². The number of ketones is 1. The van der Waals surface area contributed by atoms with Gasteiger partial charge in [-0.15, -0.1) is 0 Å². The zero-order valence-corrected chi connectivity index (χ0v) is 12.8. The number of hydrogen-bond acceptors (Lipinski definition) is 5. The summed E-state index contributed by atoms with van der Waals surface area (Å²) in [5.41, 5.74) is 1.42. The standard InChI is InChI=1S/C18H16O5/c1-10(19)11-7-8-15-17(18(11)21)13(9-16(20)23-15)12-5-3-4-6-14(12)22-2/h3-8,13,21H,9H2,1-2H3/t13-/m1/s1. The van der Waals surface area contributed by atoms with E-state index in [4.69, 9.17) is 9.47 Å². The normalized spacial score (nSPS) is 16.4. The van der Waals surface area contributed by atoms with Crippen molar-refractivity contribution in [3.05, 3.63) is 53.1 Å². The van der Waals surface area contributed by atoms with Gasteiger partial charge in [0.2, 0.25) is 0 Å². The minimum Gasteiger partial charge on any atom is -0.507 e. The number of para-hydroxylation sites is 1. The van der Waals surface area contributed by atoms with Gasteiger partial charge in [0, 0.05) is 17.0 Å². The van der Waals surface area contributed by atoms with Crippen LogP contribution in [0.3, 0.4) is 0 Å². The van der Waals surface area contributed by atoms with Crippen LogP contribution in [0.2, 0.25) is 0 Å². The average Bonchev–Trinajstić information content (AvgIpc) is 2.53. The van der Waals surface area contributed by atoms with E-state index in [2.05, 4.69) is 0 Å². The van der Waals surface area contributed by atoms with Crippen molar-refractivity contribution in [3.8, 4) is 17.2 Å². The van der Waals surface area contributed by atoms with E-state index in [1.54, 1.807) is 19.2 Å². The first-order valence-corrected chi connectivity index (χ1v) is 7.23. The molecule has 0 aromatic heterocycles. The lowest BCUT2D eigenvalue weighted by Crippen LogP contribution is -2.22. The fraction of sp³-hybridized carbons (Fsp3) is 0.222. The van der Waals surface area contributed by atoms with Gasteiger partial charge in [-0.05, 0) is 25.1 Å². The Balaban J connectivity index is 2.23. The highest BCUT2D eigenvalue weighted by Crippen LogP contribution is 2.47. The van der Waals surface area contributed by atoms with Gasteiger partial charge >= 0.3 is 5.97 Å². The molecule has 5 heteroatoms. The summed E-state index contributed by atoms with van der Waals surface area (Å²) in [6, 6.07) is 10.3. The number of carbonyl (C=O) groups is 2. The minimum atomic E-state index is -0.429. The second-order valence-electron chi connectivity index (χ2n) is 5.40. The number of rotatable bonds is 3. The lowest BCUT2D eigenvalue weighted by atomic mass is 9.84. The van der Waals surface area contributed by atoms with Gasteiger partial charge in [0.15, 0.2) is 5.78 Å². The number of Topliss-reactive ketones (excluding diaryl/α,β-unsaturated/α-hetero) is 1. The van der Waals surface area contributed by atoms with Gasteiger partial charge < -0.3 is 14.6 Å². The van der Waals surface area contributed by atoms with Crippen LogP contribution in [0.4, 0.5) is 0 Å². The van der Waals surface area contributed by atoms with Crippen molar-refractivity contribution in [2.45, 2.75) is 19.3 Å². The van der Waals surface area contributed by atoms with Crippen LogP contribution >= 0.6 is 0 Å². The van der Waals surface area contributed by atoms with E-state index in [0.29, 0.717) is 11.3 Å². The zero-order chi connectivity index (χ0) is 16.6. The van der Waals surface area contributed by atoms with Crippen molar-refractivity contribution in [1.29, 1.82) is 0 Å². The average molecular weight is 312 g/mol. The zero-order valence-electron chi connectivity index (χ0n) is 12.8. The first kappa shape index (κ1) is 15.1. The number of benzene rings is 2. The van der Waals surface area contributed by atoms with Crippen LogP contribution in [0.5, 0.6) is 17.2 Å². The molecule has 2 aromatic rings. The Kier molecular flexibility index (Phi) is 3.78. The summed E-state index contributed by atoms with van der Waals surface area (Å²) >= 11 is 0. The number of phenolic OH excluding ortho intramolecular Hbond substituents is 1. The maximum absolute atomic E-state index is 11.9. The van der Waals surface area contributed by atoms with Gasteiger partial charge in [0.05, 0.1) is 19.1 Å². The van der Waals surface area contributed by atoms with Gasteiger partial charge in [0.25, 0.3) is 0 Å². The van der Waals surface area contributed by atoms with Crippen LogP contribution in [-0.2, 0) is 4.79 Å². The summed E-state index contributed by atoms with van der Waals surface area (Å²) in [6.07, 6.45) is 0.0717. The highest BCUT2D eigenvalue weighted by Gasteiger charge is 2.34. The molecule has 0 bridgehead atoms. The Hall–Kier alpha value is -2.82. The molecule has 1 heterocycles. The molecule has 118 valence electrons. The summed E-state index contributed by atoms with van der Waals surface area (Å²) in [5.74, 6) is -0.310. The number of fused-ring (bicyclic) bond motifs is 1.